The molecule has 6 rings (SSSR count). The lowest BCUT2D eigenvalue weighted by Gasteiger charge is -2.56. The fraction of sp³-hybridized carbons (Fsp3) is 0.750. The largest absolute Gasteiger partial charge is 0.389 e. The maximum absolute atomic E-state index is 10.5. The van der Waals surface area contributed by atoms with Crippen molar-refractivity contribution in [2.45, 2.75) is 44.6 Å². The van der Waals surface area contributed by atoms with Gasteiger partial charge < -0.3 is 14.7 Å². The summed E-state index contributed by atoms with van der Waals surface area (Å²) in [6, 6.07) is 8.08. The van der Waals surface area contributed by atoms with E-state index in [9.17, 15) is 5.11 Å². The summed E-state index contributed by atoms with van der Waals surface area (Å²) < 4.78 is 6.12. The molecule has 4 aliphatic carbocycles. The molecule has 1 aliphatic heterocycles. The van der Waals surface area contributed by atoms with Gasteiger partial charge in [-0.2, -0.15) is 0 Å². The normalized spacial score (nSPS) is 35.2. The van der Waals surface area contributed by atoms with E-state index in [0.717, 1.165) is 55.6 Å². The van der Waals surface area contributed by atoms with Crippen molar-refractivity contribution in [3.05, 3.63) is 29.3 Å². The molecule has 5 aliphatic rings. The van der Waals surface area contributed by atoms with Crippen molar-refractivity contribution in [1.82, 2.24) is 4.90 Å². The number of halogens is 1. The number of ether oxygens (including phenoxy) is 1. The predicted octanol–water partition coefficient (Wildman–Crippen LogP) is 4.06. The van der Waals surface area contributed by atoms with Crippen LogP contribution in [0.3, 0.4) is 0 Å². The van der Waals surface area contributed by atoms with E-state index in [1.807, 2.05) is 18.2 Å². The van der Waals surface area contributed by atoms with E-state index in [-0.39, 0.29) is 6.10 Å². The number of benzene rings is 1. The minimum Gasteiger partial charge on any atom is -0.389 e. The lowest BCUT2D eigenvalue weighted by atomic mass is 9.50. The van der Waals surface area contributed by atoms with Gasteiger partial charge in [-0.15, -0.1) is 0 Å². The molecule has 1 unspecified atom stereocenters. The van der Waals surface area contributed by atoms with Crippen molar-refractivity contribution in [1.29, 1.82) is 0 Å². The van der Waals surface area contributed by atoms with Crippen LogP contribution in [-0.4, -0.2) is 62.0 Å². The fourth-order valence-electron chi connectivity index (χ4n) is 7.09. The molecule has 1 heterocycles. The SMILES string of the molecule is OC(COCC12CC3CC(CC(C3)C1)C2)CN1CCN(c2cccc(Cl)c2)CC1. The molecule has 1 saturated heterocycles. The molecule has 4 nitrogen and oxygen atoms in total. The van der Waals surface area contributed by atoms with E-state index in [1.54, 1.807) is 0 Å². The standard InChI is InChI=1S/C24H35ClN2O2/c25-21-2-1-3-22(11-21)27-6-4-26(5-7-27)15-23(28)16-29-17-24-12-18-8-19(13-24)10-20(9-18)14-24/h1-3,11,18-20,23,28H,4-10,12-17H2. The van der Waals surface area contributed by atoms with Crippen LogP contribution < -0.4 is 4.90 Å². The monoisotopic (exact) mass is 418 g/mol. The first-order chi connectivity index (χ1) is 14.1. The summed E-state index contributed by atoms with van der Waals surface area (Å²) in [4.78, 5) is 4.73. The molecule has 0 radical (unpaired) electrons. The molecular weight excluding hydrogens is 384 g/mol. The van der Waals surface area contributed by atoms with Crippen LogP contribution in [0.2, 0.25) is 5.02 Å². The lowest BCUT2D eigenvalue weighted by Crippen LogP contribution is -2.50. The van der Waals surface area contributed by atoms with Crippen molar-refractivity contribution in [3.8, 4) is 0 Å². The van der Waals surface area contributed by atoms with Gasteiger partial charge in [0, 0.05) is 43.4 Å². The van der Waals surface area contributed by atoms with Gasteiger partial charge >= 0.3 is 0 Å². The highest BCUT2D eigenvalue weighted by Crippen LogP contribution is 2.60. The van der Waals surface area contributed by atoms with E-state index >= 15 is 0 Å². The van der Waals surface area contributed by atoms with Gasteiger partial charge in [0.1, 0.15) is 0 Å². The van der Waals surface area contributed by atoms with E-state index in [0.29, 0.717) is 18.6 Å². The van der Waals surface area contributed by atoms with Gasteiger partial charge in [-0.1, -0.05) is 17.7 Å². The van der Waals surface area contributed by atoms with Gasteiger partial charge in [0.2, 0.25) is 0 Å². The summed E-state index contributed by atoms with van der Waals surface area (Å²) in [5, 5.41) is 11.3. The molecule has 1 aromatic carbocycles. The van der Waals surface area contributed by atoms with Gasteiger partial charge in [0.15, 0.2) is 0 Å². The Bertz CT molecular complexity index is 669. The van der Waals surface area contributed by atoms with Gasteiger partial charge in [-0.3, -0.25) is 4.90 Å². The third-order valence-corrected chi connectivity index (χ3v) is 8.13. The zero-order chi connectivity index (χ0) is 19.8. The Kier molecular flexibility index (Phi) is 5.81. The molecule has 1 N–H and O–H groups in total. The van der Waals surface area contributed by atoms with E-state index in [2.05, 4.69) is 15.9 Å². The van der Waals surface area contributed by atoms with Crippen molar-refractivity contribution < 1.29 is 9.84 Å². The molecule has 0 amide bonds. The number of hydrogen-bond donors (Lipinski definition) is 1. The maximum atomic E-state index is 10.5. The molecule has 0 aromatic heterocycles. The molecule has 4 saturated carbocycles. The summed E-state index contributed by atoms with van der Waals surface area (Å²) in [6.45, 7) is 5.95. The zero-order valence-electron chi connectivity index (χ0n) is 17.4. The highest BCUT2D eigenvalue weighted by molar-refractivity contribution is 6.30. The molecule has 4 bridgehead atoms. The minimum absolute atomic E-state index is 0.387. The quantitative estimate of drug-likeness (QED) is 0.724. The van der Waals surface area contributed by atoms with Crippen LogP contribution in [0, 0.1) is 23.2 Å². The molecule has 0 spiro atoms. The summed E-state index contributed by atoms with van der Waals surface area (Å²) in [6.07, 6.45) is 8.16. The Morgan fingerprint density at radius 2 is 1.69 bits per heavy atom. The average molecular weight is 419 g/mol. The van der Waals surface area contributed by atoms with Crippen LogP contribution in [0.25, 0.3) is 0 Å². The van der Waals surface area contributed by atoms with Gasteiger partial charge in [-0.05, 0) is 79.9 Å². The molecule has 1 atom stereocenters. The van der Waals surface area contributed by atoms with Crippen molar-refractivity contribution >= 4 is 17.3 Å². The number of β-amino-alcohol motifs (C(OH)–C–C–N with tert-alkyl or cyclic N) is 1. The van der Waals surface area contributed by atoms with Crippen molar-refractivity contribution in [2.75, 3.05) is 50.8 Å². The summed E-state index contributed by atoms with van der Waals surface area (Å²) in [5.41, 5.74) is 1.63. The molecule has 5 heteroatoms. The predicted molar refractivity (Wildman–Crippen MR) is 118 cm³/mol. The summed E-state index contributed by atoms with van der Waals surface area (Å²) >= 11 is 6.12. The molecule has 29 heavy (non-hydrogen) atoms. The molecular formula is C24H35ClN2O2. The second kappa shape index (κ2) is 8.37. The van der Waals surface area contributed by atoms with E-state index < -0.39 is 0 Å². The third-order valence-electron chi connectivity index (χ3n) is 7.90. The van der Waals surface area contributed by atoms with Crippen molar-refractivity contribution in [3.63, 3.8) is 0 Å². The zero-order valence-corrected chi connectivity index (χ0v) is 18.2. The Morgan fingerprint density at radius 3 is 2.31 bits per heavy atom. The van der Waals surface area contributed by atoms with Crippen LogP contribution in [0.1, 0.15) is 38.5 Å². The highest BCUT2D eigenvalue weighted by Gasteiger charge is 2.50. The van der Waals surface area contributed by atoms with Gasteiger partial charge in [0.05, 0.1) is 19.3 Å². The maximum Gasteiger partial charge on any atom is 0.0900 e. The summed E-state index contributed by atoms with van der Waals surface area (Å²) in [5.74, 6) is 2.89. The van der Waals surface area contributed by atoms with Crippen molar-refractivity contribution in [2.24, 2.45) is 23.2 Å². The number of aliphatic hydroxyl groups is 1. The first-order valence-electron chi connectivity index (χ1n) is 11.6. The number of hydrogen-bond acceptors (Lipinski definition) is 4. The number of piperazine rings is 1. The number of anilines is 1. The third kappa shape index (κ3) is 4.61. The van der Waals surface area contributed by atoms with Crippen LogP contribution in [0.15, 0.2) is 24.3 Å². The average Bonchev–Trinajstić information content (AvgIpc) is 2.67. The van der Waals surface area contributed by atoms with E-state index in [1.165, 1.54) is 44.2 Å². The van der Waals surface area contributed by atoms with Crippen LogP contribution in [0.4, 0.5) is 5.69 Å². The number of rotatable bonds is 7. The summed E-state index contributed by atoms with van der Waals surface area (Å²) in [7, 11) is 0. The minimum atomic E-state index is -0.387. The lowest BCUT2D eigenvalue weighted by molar-refractivity contribution is -0.107. The molecule has 160 valence electrons. The van der Waals surface area contributed by atoms with Crippen LogP contribution >= 0.6 is 11.6 Å². The van der Waals surface area contributed by atoms with Gasteiger partial charge in [-0.25, -0.2) is 0 Å². The Balaban J connectivity index is 1.04. The van der Waals surface area contributed by atoms with Crippen LogP contribution in [0.5, 0.6) is 0 Å². The first-order valence-corrected chi connectivity index (χ1v) is 11.9. The topological polar surface area (TPSA) is 35.9 Å². The Labute approximate surface area is 180 Å². The molecule has 1 aromatic rings. The molecule has 5 fully saturated rings. The smallest absolute Gasteiger partial charge is 0.0900 e. The van der Waals surface area contributed by atoms with Crippen LogP contribution in [-0.2, 0) is 4.74 Å². The second-order valence-corrected chi connectivity index (χ2v) is 10.8. The Hall–Kier alpha value is -0.810. The Morgan fingerprint density at radius 1 is 1.03 bits per heavy atom. The fourth-order valence-corrected chi connectivity index (χ4v) is 7.27. The second-order valence-electron chi connectivity index (χ2n) is 10.4. The highest BCUT2D eigenvalue weighted by atomic mass is 35.5. The number of nitrogens with zero attached hydrogens (tertiary/aromatic N) is 2. The number of aliphatic hydroxyl groups excluding tert-OH is 1. The van der Waals surface area contributed by atoms with E-state index in [4.69, 9.17) is 16.3 Å². The first kappa shape index (κ1) is 20.1. The van der Waals surface area contributed by atoms with Gasteiger partial charge in [0.25, 0.3) is 0 Å².